The summed E-state index contributed by atoms with van der Waals surface area (Å²) in [6.45, 7) is -0.334. The smallest absolute Gasteiger partial charge is 0.273 e. The summed E-state index contributed by atoms with van der Waals surface area (Å²) in [7, 11) is 1.35. The highest BCUT2D eigenvalue weighted by Gasteiger charge is 2.14. The normalized spacial score (nSPS) is 10.4. The third kappa shape index (κ3) is 4.60. The molecule has 0 radical (unpaired) electrons. The van der Waals surface area contributed by atoms with Crippen LogP contribution in [0.3, 0.4) is 0 Å². The van der Waals surface area contributed by atoms with Crippen molar-refractivity contribution in [3.63, 3.8) is 0 Å². The van der Waals surface area contributed by atoms with Gasteiger partial charge in [-0.3, -0.25) is 20.2 Å². The molecule has 0 aliphatic carbocycles. The highest BCUT2D eigenvalue weighted by molar-refractivity contribution is 7.14. The summed E-state index contributed by atoms with van der Waals surface area (Å²) in [5, 5.41) is 15.5. The van der Waals surface area contributed by atoms with Gasteiger partial charge in [-0.15, -0.1) is 11.3 Å². The van der Waals surface area contributed by atoms with E-state index in [2.05, 4.69) is 10.3 Å². The maximum absolute atomic E-state index is 13.0. The molecule has 3 aromatic rings. The predicted molar refractivity (Wildman–Crippen MR) is 101 cm³/mol. The second kappa shape index (κ2) is 8.44. The first-order valence-electron chi connectivity index (χ1n) is 7.93. The SMILES string of the molecule is COc1cc([N+](=O)[O-])ccc1OCC(=O)Nc1nc(-c2ccc(F)cc2)cs1. The van der Waals surface area contributed by atoms with Crippen molar-refractivity contribution in [2.45, 2.75) is 0 Å². The summed E-state index contributed by atoms with van der Waals surface area (Å²) in [4.78, 5) is 26.6. The predicted octanol–water partition coefficient (Wildman–Crippen LogP) is 3.88. The molecular weight excluding hydrogens is 389 g/mol. The number of nitrogens with one attached hydrogen (secondary N) is 1. The summed E-state index contributed by atoms with van der Waals surface area (Å²) < 4.78 is 23.4. The Kier molecular flexibility index (Phi) is 5.80. The lowest BCUT2D eigenvalue weighted by Crippen LogP contribution is -2.20. The zero-order valence-electron chi connectivity index (χ0n) is 14.5. The van der Waals surface area contributed by atoms with Crippen molar-refractivity contribution in [1.82, 2.24) is 4.98 Å². The molecule has 0 fully saturated rings. The van der Waals surface area contributed by atoms with Gasteiger partial charge in [-0.2, -0.15) is 0 Å². The number of non-ortho nitro benzene ring substituents is 1. The molecule has 0 bridgehead atoms. The number of rotatable bonds is 7. The van der Waals surface area contributed by atoms with E-state index >= 15 is 0 Å². The second-order valence-electron chi connectivity index (χ2n) is 5.47. The molecule has 28 heavy (non-hydrogen) atoms. The third-order valence-corrected chi connectivity index (χ3v) is 4.37. The van der Waals surface area contributed by atoms with Crippen LogP contribution < -0.4 is 14.8 Å². The fourth-order valence-corrected chi connectivity index (χ4v) is 3.01. The quantitative estimate of drug-likeness (QED) is 0.474. The molecule has 0 aliphatic rings. The number of thiazole rings is 1. The van der Waals surface area contributed by atoms with Crippen LogP contribution in [-0.2, 0) is 4.79 Å². The molecule has 0 spiro atoms. The number of benzene rings is 2. The van der Waals surface area contributed by atoms with Crippen LogP contribution in [0.5, 0.6) is 11.5 Å². The van der Waals surface area contributed by atoms with Gasteiger partial charge in [0.05, 0.1) is 23.8 Å². The number of carbonyl (C=O) groups is 1. The van der Waals surface area contributed by atoms with Crippen LogP contribution in [-0.4, -0.2) is 29.5 Å². The number of amides is 1. The number of ether oxygens (including phenoxy) is 2. The minimum Gasteiger partial charge on any atom is -0.493 e. The van der Waals surface area contributed by atoms with E-state index in [4.69, 9.17) is 9.47 Å². The van der Waals surface area contributed by atoms with Gasteiger partial charge in [-0.1, -0.05) is 0 Å². The summed E-state index contributed by atoms with van der Waals surface area (Å²) in [5.41, 5.74) is 1.19. The average Bonchev–Trinajstić information content (AvgIpc) is 3.15. The maximum Gasteiger partial charge on any atom is 0.273 e. The van der Waals surface area contributed by atoms with Crippen LogP contribution in [0.1, 0.15) is 0 Å². The second-order valence-corrected chi connectivity index (χ2v) is 6.33. The van der Waals surface area contributed by atoms with Crippen molar-refractivity contribution in [2.75, 3.05) is 19.0 Å². The molecule has 1 N–H and O–H groups in total. The van der Waals surface area contributed by atoms with Gasteiger partial charge < -0.3 is 9.47 Å². The van der Waals surface area contributed by atoms with Gasteiger partial charge in [0, 0.05) is 17.0 Å². The van der Waals surface area contributed by atoms with E-state index in [0.717, 1.165) is 5.56 Å². The average molecular weight is 403 g/mol. The number of nitrogens with zero attached hydrogens (tertiary/aromatic N) is 2. The standard InChI is InChI=1S/C18H14FN3O5S/c1-26-16-8-13(22(24)25)6-7-15(16)27-9-17(23)21-18-20-14(10-28-18)11-2-4-12(19)5-3-11/h2-8,10H,9H2,1H3,(H,20,21,23). The summed E-state index contributed by atoms with van der Waals surface area (Å²) in [6, 6.07) is 9.69. The van der Waals surface area contributed by atoms with E-state index in [0.29, 0.717) is 10.8 Å². The lowest BCUT2D eigenvalue weighted by atomic mass is 10.2. The molecule has 2 aromatic carbocycles. The highest BCUT2D eigenvalue weighted by Crippen LogP contribution is 2.31. The molecular formula is C18H14FN3O5S. The lowest BCUT2D eigenvalue weighted by Gasteiger charge is -2.09. The number of aromatic nitrogens is 1. The Balaban J connectivity index is 1.61. The number of nitro benzene ring substituents is 1. The molecule has 10 heteroatoms. The van der Waals surface area contributed by atoms with Crippen LogP contribution in [0.2, 0.25) is 0 Å². The van der Waals surface area contributed by atoms with E-state index in [9.17, 15) is 19.3 Å². The van der Waals surface area contributed by atoms with Gasteiger partial charge in [0.25, 0.3) is 11.6 Å². The fraction of sp³-hybridized carbons (Fsp3) is 0.111. The fourth-order valence-electron chi connectivity index (χ4n) is 2.27. The summed E-state index contributed by atoms with van der Waals surface area (Å²) >= 11 is 1.22. The van der Waals surface area contributed by atoms with Crippen LogP contribution >= 0.6 is 11.3 Å². The summed E-state index contributed by atoms with van der Waals surface area (Å²) in [5.74, 6) is -0.448. The van der Waals surface area contributed by atoms with Gasteiger partial charge in [-0.05, 0) is 30.3 Å². The Labute approximate surface area is 162 Å². The minimum absolute atomic E-state index is 0.148. The van der Waals surface area contributed by atoms with Gasteiger partial charge in [-0.25, -0.2) is 9.37 Å². The van der Waals surface area contributed by atoms with E-state index in [1.54, 1.807) is 17.5 Å². The molecule has 0 aliphatic heterocycles. The van der Waals surface area contributed by atoms with Gasteiger partial charge in [0.1, 0.15) is 5.82 Å². The Morgan fingerprint density at radius 3 is 2.68 bits per heavy atom. The number of hydrogen-bond donors (Lipinski definition) is 1. The Morgan fingerprint density at radius 1 is 1.25 bits per heavy atom. The lowest BCUT2D eigenvalue weighted by molar-refractivity contribution is -0.384. The zero-order chi connectivity index (χ0) is 20.1. The molecule has 3 rings (SSSR count). The van der Waals surface area contributed by atoms with Crippen molar-refractivity contribution >= 4 is 28.1 Å². The van der Waals surface area contributed by atoms with E-state index in [1.807, 2.05) is 0 Å². The minimum atomic E-state index is -0.555. The number of hydrogen-bond acceptors (Lipinski definition) is 7. The molecule has 8 nitrogen and oxygen atoms in total. The van der Waals surface area contributed by atoms with E-state index in [1.165, 1.54) is 48.8 Å². The summed E-state index contributed by atoms with van der Waals surface area (Å²) in [6.07, 6.45) is 0. The first-order chi connectivity index (χ1) is 13.5. The molecule has 144 valence electrons. The number of methoxy groups -OCH3 is 1. The largest absolute Gasteiger partial charge is 0.493 e. The molecule has 0 saturated heterocycles. The molecule has 1 aromatic heterocycles. The zero-order valence-corrected chi connectivity index (χ0v) is 15.4. The first-order valence-corrected chi connectivity index (χ1v) is 8.81. The van der Waals surface area contributed by atoms with Crippen LogP contribution in [0.15, 0.2) is 47.8 Å². The van der Waals surface area contributed by atoms with Crippen molar-refractivity contribution in [2.24, 2.45) is 0 Å². The number of carbonyl (C=O) groups excluding carboxylic acids is 1. The molecule has 1 amide bonds. The molecule has 1 heterocycles. The number of halogens is 1. The monoisotopic (exact) mass is 403 g/mol. The van der Waals surface area contributed by atoms with E-state index < -0.39 is 10.8 Å². The number of anilines is 1. The maximum atomic E-state index is 13.0. The van der Waals surface area contributed by atoms with Crippen LogP contribution in [0, 0.1) is 15.9 Å². The third-order valence-electron chi connectivity index (χ3n) is 3.61. The van der Waals surface area contributed by atoms with Crippen molar-refractivity contribution < 1.29 is 23.6 Å². The van der Waals surface area contributed by atoms with Gasteiger partial charge >= 0.3 is 0 Å². The Morgan fingerprint density at radius 2 is 2.00 bits per heavy atom. The molecule has 0 saturated carbocycles. The molecule has 0 unspecified atom stereocenters. The van der Waals surface area contributed by atoms with Gasteiger partial charge in [0.2, 0.25) is 0 Å². The highest BCUT2D eigenvalue weighted by atomic mass is 32.1. The van der Waals surface area contributed by atoms with Crippen molar-refractivity contribution in [3.8, 4) is 22.8 Å². The Hall–Kier alpha value is -3.53. The molecule has 0 atom stereocenters. The van der Waals surface area contributed by atoms with Crippen molar-refractivity contribution in [1.29, 1.82) is 0 Å². The van der Waals surface area contributed by atoms with Crippen LogP contribution in [0.4, 0.5) is 15.2 Å². The Bertz CT molecular complexity index is 1010. The van der Waals surface area contributed by atoms with Crippen LogP contribution in [0.25, 0.3) is 11.3 Å². The number of nitro groups is 1. The van der Waals surface area contributed by atoms with Gasteiger partial charge in [0.15, 0.2) is 23.2 Å². The topological polar surface area (TPSA) is 104 Å². The first kappa shape index (κ1) is 19.2. The van der Waals surface area contributed by atoms with Crippen molar-refractivity contribution in [3.05, 3.63) is 63.8 Å². The van der Waals surface area contributed by atoms with E-state index in [-0.39, 0.29) is 29.6 Å².